The van der Waals surface area contributed by atoms with E-state index in [1.165, 1.54) is 15.6 Å². The number of thiophene rings is 1. The number of carboxylic acids is 1. The fourth-order valence-corrected chi connectivity index (χ4v) is 4.37. The standard InChI is InChI=1S/C18H21NO3S/c1-18(17(21)22)10-5-11-19(18)16(20)9-4-6-13-12-23-15-8-3-2-7-14(13)15/h2-3,7-8,12H,4-6,9-11H2,1H3,(H,21,22). The van der Waals surface area contributed by atoms with Crippen molar-refractivity contribution in [2.45, 2.75) is 44.6 Å². The van der Waals surface area contributed by atoms with Gasteiger partial charge in [0.05, 0.1) is 0 Å². The molecule has 0 spiro atoms. The van der Waals surface area contributed by atoms with Crippen LogP contribution in [0.2, 0.25) is 0 Å². The van der Waals surface area contributed by atoms with Crippen molar-refractivity contribution in [2.75, 3.05) is 6.54 Å². The minimum absolute atomic E-state index is 0.0352. The van der Waals surface area contributed by atoms with Crippen LogP contribution in [0.25, 0.3) is 10.1 Å². The van der Waals surface area contributed by atoms with Gasteiger partial charge in [-0.1, -0.05) is 18.2 Å². The van der Waals surface area contributed by atoms with E-state index in [9.17, 15) is 14.7 Å². The zero-order valence-corrected chi connectivity index (χ0v) is 14.1. The fraction of sp³-hybridized carbons (Fsp3) is 0.444. The Morgan fingerprint density at radius 2 is 2.13 bits per heavy atom. The van der Waals surface area contributed by atoms with E-state index in [2.05, 4.69) is 17.5 Å². The largest absolute Gasteiger partial charge is 0.480 e. The second kappa shape index (κ2) is 6.32. The summed E-state index contributed by atoms with van der Waals surface area (Å²) in [6.07, 6.45) is 3.33. The van der Waals surface area contributed by atoms with E-state index in [4.69, 9.17) is 0 Å². The molecule has 1 aromatic heterocycles. The SMILES string of the molecule is CC1(C(=O)O)CCCN1C(=O)CCCc1csc2ccccc12. The Hall–Kier alpha value is -1.88. The summed E-state index contributed by atoms with van der Waals surface area (Å²) in [6, 6.07) is 8.29. The van der Waals surface area contributed by atoms with Gasteiger partial charge in [0, 0.05) is 17.7 Å². The van der Waals surface area contributed by atoms with Gasteiger partial charge < -0.3 is 10.0 Å². The molecule has 1 amide bonds. The second-order valence-corrected chi connectivity index (χ2v) is 7.25. The molecule has 1 aromatic carbocycles. The highest BCUT2D eigenvalue weighted by Gasteiger charge is 2.45. The number of benzene rings is 1. The van der Waals surface area contributed by atoms with E-state index in [1.807, 2.05) is 12.1 Å². The number of rotatable bonds is 5. The van der Waals surface area contributed by atoms with Gasteiger partial charge in [-0.2, -0.15) is 0 Å². The Morgan fingerprint density at radius 1 is 1.35 bits per heavy atom. The summed E-state index contributed by atoms with van der Waals surface area (Å²) in [6.45, 7) is 2.22. The molecule has 1 N–H and O–H groups in total. The number of aryl methyl sites for hydroxylation is 1. The van der Waals surface area contributed by atoms with Crippen LogP contribution in [0.3, 0.4) is 0 Å². The molecule has 1 fully saturated rings. The van der Waals surface area contributed by atoms with E-state index >= 15 is 0 Å². The van der Waals surface area contributed by atoms with Crippen molar-refractivity contribution in [1.82, 2.24) is 4.90 Å². The fourth-order valence-electron chi connectivity index (χ4n) is 3.38. The Morgan fingerprint density at radius 3 is 2.91 bits per heavy atom. The van der Waals surface area contributed by atoms with Gasteiger partial charge >= 0.3 is 5.97 Å². The first-order valence-corrected chi connectivity index (χ1v) is 8.89. The molecule has 3 rings (SSSR count). The lowest BCUT2D eigenvalue weighted by molar-refractivity contribution is -0.155. The maximum Gasteiger partial charge on any atom is 0.329 e. The smallest absolute Gasteiger partial charge is 0.329 e. The first-order chi connectivity index (χ1) is 11.0. The monoisotopic (exact) mass is 331 g/mol. The second-order valence-electron chi connectivity index (χ2n) is 6.34. The van der Waals surface area contributed by atoms with Gasteiger partial charge in [0.15, 0.2) is 0 Å². The first kappa shape index (κ1) is 16.0. The highest BCUT2D eigenvalue weighted by Crippen LogP contribution is 2.31. The Balaban J connectivity index is 1.60. The normalized spacial score (nSPS) is 21.0. The third-order valence-corrected chi connectivity index (χ3v) is 5.81. The van der Waals surface area contributed by atoms with Crippen molar-refractivity contribution in [3.8, 4) is 0 Å². The molecule has 4 nitrogen and oxygen atoms in total. The van der Waals surface area contributed by atoms with Crippen molar-refractivity contribution < 1.29 is 14.7 Å². The van der Waals surface area contributed by atoms with Gasteiger partial charge in [0.2, 0.25) is 5.91 Å². The number of amides is 1. The van der Waals surface area contributed by atoms with Gasteiger partial charge in [-0.25, -0.2) is 4.79 Å². The lowest BCUT2D eigenvalue weighted by Crippen LogP contribution is -2.50. The lowest BCUT2D eigenvalue weighted by Gasteiger charge is -2.31. The number of likely N-dealkylation sites (tertiary alicyclic amines) is 1. The number of hydrogen-bond acceptors (Lipinski definition) is 3. The molecule has 0 radical (unpaired) electrons. The Bertz CT molecular complexity index is 739. The predicted octanol–water partition coefficient (Wildman–Crippen LogP) is 3.69. The summed E-state index contributed by atoms with van der Waals surface area (Å²) in [4.78, 5) is 25.4. The van der Waals surface area contributed by atoms with Crippen LogP contribution in [-0.2, 0) is 16.0 Å². The van der Waals surface area contributed by atoms with E-state index in [-0.39, 0.29) is 5.91 Å². The molecule has 0 aliphatic carbocycles. The molecule has 2 heterocycles. The van der Waals surface area contributed by atoms with Crippen LogP contribution in [0.4, 0.5) is 0 Å². The molecule has 0 bridgehead atoms. The number of aliphatic carboxylic acids is 1. The Labute approximate surface area is 139 Å². The molecule has 0 saturated carbocycles. The average Bonchev–Trinajstić information content (AvgIpc) is 3.12. The molecule has 1 saturated heterocycles. The third-order valence-electron chi connectivity index (χ3n) is 4.80. The molecule has 122 valence electrons. The van der Waals surface area contributed by atoms with Crippen LogP contribution in [0, 0.1) is 0 Å². The average molecular weight is 331 g/mol. The minimum atomic E-state index is -1.02. The number of carboxylic acid groups (broad SMARTS) is 1. The molecule has 1 atom stereocenters. The highest BCUT2D eigenvalue weighted by atomic mass is 32.1. The maximum atomic E-state index is 12.4. The van der Waals surface area contributed by atoms with E-state index in [1.54, 1.807) is 23.2 Å². The van der Waals surface area contributed by atoms with Gasteiger partial charge in [0.1, 0.15) is 5.54 Å². The molecule has 5 heteroatoms. The molecular formula is C18H21NO3S. The van der Waals surface area contributed by atoms with E-state index in [0.717, 1.165) is 19.3 Å². The zero-order chi connectivity index (χ0) is 16.4. The van der Waals surface area contributed by atoms with Crippen LogP contribution in [-0.4, -0.2) is 34.0 Å². The summed E-state index contributed by atoms with van der Waals surface area (Å²) in [5.74, 6) is -0.931. The van der Waals surface area contributed by atoms with Crippen LogP contribution in [0.15, 0.2) is 29.6 Å². The lowest BCUT2D eigenvalue weighted by atomic mass is 9.98. The molecule has 1 aliphatic rings. The summed E-state index contributed by atoms with van der Waals surface area (Å²) in [5, 5.41) is 12.8. The molecule has 1 aliphatic heterocycles. The van der Waals surface area contributed by atoms with Gasteiger partial charge in [-0.05, 0) is 55.0 Å². The summed E-state index contributed by atoms with van der Waals surface area (Å²) < 4.78 is 1.27. The van der Waals surface area contributed by atoms with Crippen molar-refractivity contribution in [1.29, 1.82) is 0 Å². The van der Waals surface area contributed by atoms with Crippen molar-refractivity contribution in [3.05, 3.63) is 35.2 Å². The topological polar surface area (TPSA) is 57.6 Å². The molecule has 1 unspecified atom stereocenters. The number of carbonyl (C=O) groups excluding carboxylic acids is 1. The molecular weight excluding hydrogens is 310 g/mol. The van der Waals surface area contributed by atoms with Crippen molar-refractivity contribution >= 4 is 33.3 Å². The van der Waals surface area contributed by atoms with Crippen LogP contribution in [0.5, 0.6) is 0 Å². The zero-order valence-electron chi connectivity index (χ0n) is 13.2. The van der Waals surface area contributed by atoms with Gasteiger partial charge in [-0.15, -0.1) is 11.3 Å². The minimum Gasteiger partial charge on any atom is -0.480 e. The summed E-state index contributed by atoms with van der Waals surface area (Å²) >= 11 is 1.73. The number of carbonyl (C=O) groups is 2. The van der Waals surface area contributed by atoms with E-state index in [0.29, 0.717) is 19.4 Å². The summed E-state index contributed by atoms with van der Waals surface area (Å²) in [7, 11) is 0. The Kier molecular flexibility index (Phi) is 4.39. The van der Waals surface area contributed by atoms with Crippen LogP contribution < -0.4 is 0 Å². The van der Waals surface area contributed by atoms with Gasteiger partial charge in [0.25, 0.3) is 0 Å². The molecule has 23 heavy (non-hydrogen) atoms. The summed E-state index contributed by atoms with van der Waals surface area (Å²) in [5.41, 5.74) is 0.257. The third kappa shape index (κ3) is 2.98. The van der Waals surface area contributed by atoms with E-state index < -0.39 is 11.5 Å². The van der Waals surface area contributed by atoms with Gasteiger partial charge in [-0.3, -0.25) is 4.79 Å². The van der Waals surface area contributed by atoms with Crippen LogP contribution >= 0.6 is 11.3 Å². The van der Waals surface area contributed by atoms with Crippen molar-refractivity contribution in [3.63, 3.8) is 0 Å². The van der Waals surface area contributed by atoms with Crippen molar-refractivity contribution in [2.24, 2.45) is 0 Å². The number of hydrogen-bond donors (Lipinski definition) is 1. The maximum absolute atomic E-state index is 12.4. The first-order valence-electron chi connectivity index (χ1n) is 8.01. The van der Waals surface area contributed by atoms with Crippen LogP contribution in [0.1, 0.15) is 38.2 Å². The highest BCUT2D eigenvalue weighted by molar-refractivity contribution is 7.17. The quantitative estimate of drug-likeness (QED) is 0.909. The number of fused-ring (bicyclic) bond motifs is 1. The molecule has 2 aromatic rings. The predicted molar refractivity (Wildman–Crippen MR) is 91.8 cm³/mol. The number of nitrogens with zero attached hydrogens (tertiary/aromatic N) is 1.